The number of hydrogen-bond donors (Lipinski definition) is 3. The van der Waals surface area contributed by atoms with Crippen molar-refractivity contribution in [1.29, 1.82) is 0 Å². The van der Waals surface area contributed by atoms with E-state index in [-0.39, 0.29) is 12.5 Å². The largest absolute Gasteiger partial charge is 0.396 e. The SMILES string of the molecule is Cc1ccc(C(=O)Nc2cccc(CNc3cc(N4CCCC(CO)C4)ncn3)c2)cc1. The summed E-state index contributed by atoms with van der Waals surface area (Å²) in [4.78, 5) is 23.4. The number of nitrogens with zero attached hydrogens (tertiary/aromatic N) is 3. The molecule has 32 heavy (non-hydrogen) atoms. The maximum atomic E-state index is 12.5. The third-order valence-electron chi connectivity index (χ3n) is 5.73. The summed E-state index contributed by atoms with van der Waals surface area (Å²) >= 11 is 0. The monoisotopic (exact) mass is 431 g/mol. The van der Waals surface area contributed by atoms with Crippen molar-refractivity contribution in [2.24, 2.45) is 5.92 Å². The van der Waals surface area contributed by atoms with E-state index >= 15 is 0 Å². The van der Waals surface area contributed by atoms with Crippen LogP contribution < -0.4 is 15.5 Å². The summed E-state index contributed by atoms with van der Waals surface area (Å²) < 4.78 is 0. The van der Waals surface area contributed by atoms with Gasteiger partial charge in [0.2, 0.25) is 0 Å². The number of benzene rings is 2. The van der Waals surface area contributed by atoms with Crippen LogP contribution >= 0.6 is 0 Å². The van der Waals surface area contributed by atoms with Crippen LogP contribution in [-0.4, -0.2) is 40.7 Å². The van der Waals surface area contributed by atoms with E-state index in [0.29, 0.717) is 18.0 Å². The maximum Gasteiger partial charge on any atom is 0.255 e. The lowest BCUT2D eigenvalue weighted by Crippen LogP contribution is -2.37. The van der Waals surface area contributed by atoms with Gasteiger partial charge in [-0.2, -0.15) is 0 Å². The number of carbonyl (C=O) groups is 1. The summed E-state index contributed by atoms with van der Waals surface area (Å²) in [6, 6.07) is 17.2. The third kappa shape index (κ3) is 5.62. The van der Waals surface area contributed by atoms with Gasteiger partial charge in [0.05, 0.1) is 0 Å². The Kier molecular flexibility index (Phi) is 6.97. The molecule has 1 saturated heterocycles. The summed E-state index contributed by atoms with van der Waals surface area (Å²) in [5.41, 5.74) is 3.54. The first-order valence-corrected chi connectivity index (χ1v) is 11.0. The molecule has 0 spiro atoms. The number of aliphatic hydroxyl groups is 1. The molecule has 0 radical (unpaired) electrons. The topological polar surface area (TPSA) is 90.4 Å². The fraction of sp³-hybridized carbons (Fsp3) is 0.320. The van der Waals surface area contributed by atoms with Crippen molar-refractivity contribution in [3.05, 3.63) is 77.6 Å². The predicted molar refractivity (Wildman–Crippen MR) is 127 cm³/mol. The van der Waals surface area contributed by atoms with Crippen molar-refractivity contribution in [3.63, 3.8) is 0 Å². The van der Waals surface area contributed by atoms with Crippen molar-refractivity contribution in [1.82, 2.24) is 9.97 Å². The number of piperidine rings is 1. The molecule has 1 atom stereocenters. The van der Waals surface area contributed by atoms with Crippen LogP contribution in [0.1, 0.15) is 34.3 Å². The summed E-state index contributed by atoms with van der Waals surface area (Å²) in [6.45, 7) is 4.54. The fourth-order valence-electron chi connectivity index (χ4n) is 3.90. The first-order chi connectivity index (χ1) is 15.6. The Morgan fingerprint density at radius 1 is 1.16 bits per heavy atom. The number of rotatable bonds is 7. The van der Waals surface area contributed by atoms with Crippen LogP contribution in [-0.2, 0) is 6.54 Å². The van der Waals surface area contributed by atoms with Crippen molar-refractivity contribution >= 4 is 23.2 Å². The first kappa shape index (κ1) is 21.8. The Hall–Kier alpha value is -3.45. The van der Waals surface area contributed by atoms with E-state index in [9.17, 15) is 9.90 Å². The normalized spacial score (nSPS) is 15.9. The van der Waals surface area contributed by atoms with Gasteiger partial charge < -0.3 is 20.6 Å². The number of aryl methyl sites for hydroxylation is 1. The number of anilines is 3. The Labute approximate surface area is 188 Å². The van der Waals surface area contributed by atoms with E-state index in [4.69, 9.17) is 0 Å². The summed E-state index contributed by atoms with van der Waals surface area (Å²) in [5, 5.41) is 15.8. The van der Waals surface area contributed by atoms with Gasteiger partial charge in [0.15, 0.2) is 0 Å². The number of amides is 1. The van der Waals surface area contributed by atoms with Crippen molar-refractivity contribution in [3.8, 4) is 0 Å². The first-order valence-electron chi connectivity index (χ1n) is 11.0. The molecule has 0 aliphatic carbocycles. The number of carbonyl (C=O) groups excluding carboxylic acids is 1. The smallest absolute Gasteiger partial charge is 0.255 e. The predicted octanol–water partition coefficient (Wildman–Crippen LogP) is 3.86. The van der Waals surface area contributed by atoms with Gasteiger partial charge in [-0.1, -0.05) is 29.8 Å². The Morgan fingerprint density at radius 2 is 2.00 bits per heavy atom. The average Bonchev–Trinajstić information content (AvgIpc) is 2.83. The zero-order valence-electron chi connectivity index (χ0n) is 18.3. The van der Waals surface area contributed by atoms with Gasteiger partial charge in [0.1, 0.15) is 18.0 Å². The van der Waals surface area contributed by atoms with Gasteiger partial charge in [0.25, 0.3) is 5.91 Å². The average molecular weight is 432 g/mol. The third-order valence-corrected chi connectivity index (χ3v) is 5.73. The molecular weight excluding hydrogens is 402 g/mol. The molecule has 1 unspecified atom stereocenters. The van der Waals surface area contributed by atoms with Crippen LogP contribution in [0.5, 0.6) is 0 Å². The molecule has 2 heterocycles. The van der Waals surface area contributed by atoms with Crippen LogP contribution in [0.3, 0.4) is 0 Å². The quantitative estimate of drug-likeness (QED) is 0.526. The van der Waals surface area contributed by atoms with E-state index in [0.717, 1.165) is 54.4 Å². The highest BCUT2D eigenvalue weighted by atomic mass is 16.3. The second-order valence-electron chi connectivity index (χ2n) is 8.27. The van der Waals surface area contributed by atoms with Crippen LogP contribution in [0.2, 0.25) is 0 Å². The van der Waals surface area contributed by atoms with Crippen molar-refractivity contribution < 1.29 is 9.90 Å². The molecule has 1 aliphatic heterocycles. The van der Waals surface area contributed by atoms with Gasteiger partial charge in [-0.3, -0.25) is 4.79 Å². The van der Waals surface area contributed by atoms with E-state index in [2.05, 4.69) is 25.5 Å². The second-order valence-corrected chi connectivity index (χ2v) is 8.27. The van der Waals surface area contributed by atoms with Gasteiger partial charge in [-0.25, -0.2) is 9.97 Å². The Bertz CT molecular complexity index is 1050. The van der Waals surface area contributed by atoms with E-state index in [1.54, 1.807) is 6.33 Å². The molecule has 7 nitrogen and oxygen atoms in total. The zero-order chi connectivity index (χ0) is 22.3. The van der Waals surface area contributed by atoms with Gasteiger partial charge in [0, 0.05) is 43.6 Å². The van der Waals surface area contributed by atoms with Crippen LogP contribution in [0.4, 0.5) is 17.3 Å². The minimum absolute atomic E-state index is 0.127. The number of aromatic nitrogens is 2. The maximum absolute atomic E-state index is 12.5. The lowest BCUT2D eigenvalue weighted by atomic mass is 9.99. The minimum atomic E-state index is -0.127. The van der Waals surface area contributed by atoms with Gasteiger partial charge in [-0.05, 0) is 55.5 Å². The molecule has 1 fully saturated rings. The molecule has 0 bridgehead atoms. The molecule has 7 heteroatoms. The highest BCUT2D eigenvalue weighted by molar-refractivity contribution is 6.04. The molecule has 3 N–H and O–H groups in total. The Balaban J connectivity index is 1.37. The summed E-state index contributed by atoms with van der Waals surface area (Å²) in [5.74, 6) is 1.79. The molecule has 3 aromatic rings. The minimum Gasteiger partial charge on any atom is -0.396 e. The summed E-state index contributed by atoms with van der Waals surface area (Å²) in [6.07, 6.45) is 3.68. The lowest BCUT2D eigenvalue weighted by molar-refractivity contribution is 0.102. The fourth-order valence-corrected chi connectivity index (χ4v) is 3.90. The van der Waals surface area contributed by atoms with E-state index in [1.165, 1.54) is 0 Å². The molecule has 1 aliphatic rings. The van der Waals surface area contributed by atoms with Crippen molar-refractivity contribution in [2.45, 2.75) is 26.3 Å². The highest BCUT2D eigenvalue weighted by Gasteiger charge is 2.20. The molecule has 166 valence electrons. The van der Waals surface area contributed by atoms with Gasteiger partial charge >= 0.3 is 0 Å². The molecule has 1 amide bonds. The van der Waals surface area contributed by atoms with E-state index < -0.39 is 0 Å². The summed E-state index contributed by atoms with van der Waals surface area (Å²) in [7, 11) is 0. The molecule has 0 saturated carbocycles. The molecule has 2 aromatic carbocycles. The molecule has 1 aromatic heterocycles. The van der Waals surface area contributed by atoms with Gasteiger partial charge in [-0.15, -0.1) is 0 Å². The standard InChI is InChI=1S/C25H29N5O2/c1-18-7-9-21(10-8-18)25(32)29-22-6-2-4-19(12-22)14-26-23-13-24(28-17-27-23)30-11-3-5-20(15-30)16-31/h2,4,6-10,12-13,17,20,31H,3,5,11,14-16H2,1H3,(H,29,32)(H,26,27,28). The van der Waals surface area contributed by atoms with E-state index in [1.807, 2.05) is 61.5 Å². The number of aliphatic hydroxyl groups excluding tert-OH is 1. The van der Waals surface area contributed by atoms with Crippen LogP contribution in [0.15, 0.2) is 60.9 Å². The van der Waals surface area contributed by atoms with Crippen LogP contribution in [0, 0.1) is 12.8 Å². The number of nitrogens with one attached hydrogen (secondary N) is 2. The lowest BCUT2D eigenvalue weighted by Gasteiger charge is -2.32. The zero-order valence-corrected chi connectivity index (χ0v) is 18.3. The highest BCUT2D eigenvalue weighted by Crippen LogP contribution is 2.23. The van der Waals surface area contributed by atoms with Crippen molar-refractivity contribution in [2.75, 3.05) is 35.2 Å². The second kappa shape index (κ2) is 10.2. The Morgan fingerprint density at radius 3 is 2.81 bits per heavy atom. The number of hydrogen-bond acceptors (Lipinski definition) is 6. The molecule has 4 rings (SSSR count). The van der Waals surface area contributed by atoms with Crippen LogP contribution in [0.25, 0.3) is 0 Å². The molecular formula is C25H29N5O2.